The minimum absolute atomic E-state index is 0.246. The Morgan fingerprint density at radius 1 is 1.13 bits per heavy atom. The number of hydrogen-bond donors (Lipinski definition) is 2. The highest BCUT2D eigenvalue weighted by atomic mass is 16.5. The van der Waals surface area contributed by atoms with Crippen molar-refractivity contribution in [2.24, 2.45) is 5.92 Å². The average Bonchev–Trinajstić information content (AvgIpc) is 2.74. The summed E-state index contributed by atoms with van der Waals surface area (Å²) in [4.78, 5) is 2.61. The Bertz CT molecular complexity index is 1060. The van der Waals surface area contributed by atoms with Gasteiger partial charge in [-0.1, -0.05) is 12.8 Å². The monoisotopic (exact) mass is 402 g/mol. The first-order chi connectivity index (χ1) is 14.7. The number of rotatable bonds is 1. The molecule has 2 N–H and O–H groups in total. The zero-order chi connectivity index (χ0) is 20.0. The van der Waals surface area contributed by atoms with E-state index in [0.29, 0.717) is 11.8 Å². The number of benzene rings is 2. The molecule has 3 heterocycles. The second-order valence-electron chi connectivity index (χ2n) is 10.3. The van der Waals surface area contributed by atoms with Crippen LogP contribution >= 0.6 is 0 Å². The maximum atomic E-state index is 10.8. The van der Waals surface area contributed by atoms with Gasteiger partial charge in [0, 0.05) is 35.7 Å². The molecule has 1 saturated carbocycles. The van der Waals surface area contributed by atoms with Crippen LogP contribution in [0.4, 0.5) is 5.69 Å². The molecule has 0 radical (unpaired) electrons. The minimum atomic E-state index is 0.246. The number of nitrogens with one attached hydrogen (secondary N) is 1. The quantitative estimate of drug-likeness (QED) is 0.705. The van der Waals surface area contributed by atoms with E-state index in [1.807, 2.05) is 6.07 Å². The lowest BCUT2D eigenvalue weighted by atomic mass is 9.52. The largest absolute Gasteiger partial charge is 0.508 e. The summed E-state index contributed by atoms with van der Waals surface area (Å²) in [6.07, 6.45) is 8.88. The standard InChI is InChI=1S/C26H30N2O2/c1-28-11-9-26-8-3-2-4-19(26)22(28)14-18-17(12-15(29)13-20(18)26)16-5-6-21-24-23(7-10-27-21)30-25(16)24/h5-6,12-13,19,22-23,27,29H,2-4,7-11,14H2,1H3/t19-,22+,23?,26+/m0/s1. The number of phenols is 1. The number of nitrogens with zero attached hydrogens (tertiary/aromatic N) is 1. The fraction of sp³-hybridized carbons (Fsp3) is 0.538. The first-order valence-electron chi connectivity index (χ1n) is 11.8. The molecule has 1 unspecified atom stereocenters. The van der Waals surface area contributed by atoms with Gasteiger partial charge in [-0.15, -0.1) is 0 Å². The number of likely N-dealkylation sites (N-methyl/N-ethyl adjacent to an activating group) is 1. The molecule has 2 aromatic rings. The summed E-state index contributed by atoms with van der Waals surface area (Å²) in [7, 11) is 2.32. The van der Waals surface area contributed by atoms with E-state index in [4.69, 9.17) is 4.74 Å². The minimum Gasteiger partial charge on any atom is -0.508 e. The molecule has 0 spiro atoms. The maximum absolute atomic E-state index is 10.8. The van der Waals surface area contributed by atoms with Crippen LogP contribution in [0.1, 0.15) is 61.3 Å². The molecule has 2 aromatic carbocycles. The van der Waals surface area contributed by atoms with Gasteiger partial charge in [-0.05, 0) is 86.1 Å². The fourth-order valence-electron chi connectivity index (χ4n) is 7.62. The van der Waals surface area contributed by atoms with Crippen molar-refractivity contribution in [3.63, 3.8) is 0 Å². The molecule has 30 heavy (non-hydrogen) atoms. The Morgan fingerprint density at radius 2 is 2.07 bits per heavy atom. The lowest BCUT2D eigenvalue weighted by molar-refractivity contribution is 0.00288. The molecule has 0 aromatic heterocycles. The van der Waals surface area contributed by atoms with Crippen LogP contribution in [0.2, 0.25) is 0 Å². The predicted molar refractivity (Wildman–Crippen MR) is 118 cm³/mol. The third-order valence-electron chi connectivity index (χ3n) is 9.01. The number of piperidine rings is 1. The van der Waals surface area contributed by atoms with Crippen LogP contribution in [0, 0.1) is 5.92 Å². The van der Waals surface area contributed by atoms with Crippen LogP contribution < -0.4 is 10.1 Å². The van der Waals surface area contributed by atoms with E-state index in [1.54, 1.807) is 0 Å². The normalized spacial score (nSPS) is 33.3. The number of fused-ring (bicyclic) bond motifs is 1. The Morgan fingerprint density at radius 3 is 3.00 bits per heavy atom. The van der Waals surface area contributed by atoms with Crippen molar-refractivity contribution in [1.29, 1.82) is 0 Å². The van der Waals surface area contributed by atoms with Gasteiger partial charge < -0.3 is 20.1 Å². The van der Waals surface area contributed by atoms with E-state index in [2.05, 4.69) is 35.5 Å². The summed E-state index contributed by atoms with van der Waals surface area (Å²) in [5.41, 5.74) is 8.12. The molecule has 2 fully saturated rings. The lowest BCUT2D eigenvalue weighted by Gasteiger charge is -2.58. The van der Waals surface area contributed by atoms with E-state index in [-0.39, 0.29) is 11.5 Å². The molecule has 3 aliphatic heterocycles. The number of phenolic OH excluding ortho intramolecular Hbond substituents is 1. The first-order valence-corrected chi connectivity index (χ1v) is 11.8. The van der Waals surface area contributed by atoms with E-state index in [0.717, 1.165) is 31.1 Å². The highest BCUT2D eigenvalue weighted by Crippen LogP contribution is 2.59. The van der Waals surface area contributed by atoms with Crippen molar-refractivity contribution in [2.75, 3.05) is 25.5 Å². The Kier molecular flexibility index (Phi) is 3.46. The third kappa shape index (κ3) is 2.11. The molecule has 4 atom stereocenters. The van der Waals surface area contributed by atoms with Gasteiger partial charge in [-0.25, -0.2) is 0 Å². The fourth-order valence-corrected chi connectivity index (χ4v) is 7.62. The van der Waals surface area contributed by atoms with Gasteiger partial charge in [0.1, 0.15) is 17.6 Å². The Balaban J connectivity index is 1.45. The van der Waals surface area contributed by atoms with Crippen molar-refractivity contribution >= 4 is 5.69 Å². The Hall–Kier alpha value is -2.20. The van der Waals surface area contributed by atoms with Gasteiger partial charge in [0.05, 0.1) is 5.56 Å². The summed E-state index contributed by atoms with van der Waals surface area (Å²) < 4.78 is 6.27. The highest BCUT2D eigenvalue weighted by molar-refractivity contribution is 5.83. The smallest absolute Gasteiger partial charge is 0.137 e. The summed E-state index contributed by atoms with van der Waals surface area (Å²) in [5, 5.41) is 14.4. The van der Waals surface area contributed by atoms with Crippen molar-refractivity contribution in [3.8, 4) is 22.6 Å². The molecule has 156 valence electrons. The van der Waals surface area contributed by atoms with Crippen LogP contribution in [0.3, 0.4) is 0 Å². The lowest BCUT2D eigenvalue weighted by Crippen LogP contribution is -2.59. The van der Waals surface area contributed by atoms with Crippen LogP contribution in [-0.2, 0) is 11.8 Å². The number of ether oxygens (including phenoxy) is 1. The van der Waals surface area contributed by atoms with Crippen LogP contribution in [0.15, 0.2) is 24.3 Å². The number of aromatic hydroxyl groups is 1. The number of hydrogen-bond acceptors (Lipinski definition) is 4. The average molecular weight is 403 g/mol. The summed E-state index contributed by atoms with van der Waals surface area (Å²) in [5.74, 6) is 2.19. The van der Waals surface area contributed by atoms with Crippen molar-refractivity contribution in [2.45, 2.75) is 62.5 Å². The van der Waals surface area contributed by atoms with Crippen molar-refractivity contribution in [1.82, 2.24) is 4.90 Å². The SMILES string of the molecule is CN1CC[C@]23CCCC[C@H]2[C@H]1Cc1c(-c2ccc4c5c2OC5CCN4)cc(O)cc13. The molecule has 4 heteroatoms. The highest BCUT2D eigenvalue weighted by Gasteiger charge is 2.53. The van der Waals surface area contributed by atoms with E-state index < -0.39 is 0 Å². The molecule has 7 rings (SSSR count). The molecule has 2 aliphatic carbocycles. The van der Waals surface area contributed by atoms with Gasteiger partial charge >= 0.3 is 0 Å². The molecule has 4 nitrogen and oxygen atoms in total. The number of anilines is 1. The van der Waals surface area contributed by atoms with Crippen LogP contribution in [0.5, 0.6) is 11.5 Å². The maximum Gasteiger partial charge on any atom is 0.137 e. The molecule has 5 aliphatic rings. The third-order valence-corrected chi connectivity index (χ3v) is 9.01. The Labute approximate surface area is 178 Å². The van der Waals surface area contributed by atoms with Crippen LogP contribution in [-0.4, -0.2) is 36.2 Å². The van der Waals surface area contributed by atoms with Crippen LogP contribution in [0.25, 0.3) is 11.1 Å². The van der Waals surface area contributed by atoms with Gasteiger partial charge in [-0.3, -0.25) is 0 Å². The van der Waals surface area contributed by atoms with Crippen molar-refractivity contribution in [3.05, 3.63) is 41.0 Å². The van der Waals surface area contributed by atoms with E-state index in [9.17, 15) is 5.11 Å². The molecule has 0 amide bonds. The second kappa shape index (κ2) is 5.94. The van der Waals surface area contributed by atoms with Gasteiger partial charge in [0.15, 0.2) is 0 Å². The summed E-state index contributed by atoms with van der Waals surface area (Å²) in [6, 6.07) is 9.17. The second-order valence-corrected chi connectivity index (χ2v) is 10.3. The van der Waals surface area contributed by atoms with E-state index >= 15 is 0 Å². The predicted octanol–water partition coefficient (Wildman–Crippen LogP) is 5.00. The zero-order valence-electron chi connectivity index (χ0n) is 17.7. The summed E-state index contributed by atoms with van der Waals surface area (Å²) in [6.45, 7) is 2.15. The number of likely N-dealkylation sites (tertiary alicyclic amines) is 1. The van der Waals surface area contributed by atoms with Gasteiger partial charge in [0.25, 0.3) is 0 Å². The molecule has 2 bridgehead atoms. The van der Waals surface area contributed by atoms with E-state index in [1.165, 1.54) is 72.2 Å². The van der Waals surface area contributed by atoms with Gasteiger partial charge in [-0.2, -0.15) is 0 Å². The molecule has 1 saturated heterocycles. The zero-order valence-corrected chi connectivity index (χ0v) is 17.7. The first kappa shape index (κ1) is 17.5. The summed E-state index contributed by atoms with van der Waals surface area (Å²) >= 11 is 0. The molecular weight excluding hydrogens is 372 g/mol. The van der Waals surface area contributed by atoms with Crippen molar-refractivity contribution < 1.29 is 9.84 Å². The molecular formula is C26H30N2O2. The van der Waals surface area contributed by atoms with Gasteiger partial charge in [0.2, 0.25) is 0 Å². The topological polar surface area (TPSA) is 44.7 Å².